The van der Waals surface area contributed by atoms with E-state index in [1.165, 1.54) is 0 Å². The van der Waals surface area contributed by atoms with Crippen molar-refractivity contribution in [1.29, 1.82) is 0 Å². The third-order valence-electron chi connectivity index (χ3n) is 2.29. The number of halogens is 1. The zero-order valence-electron chi connectivity index (χ0n) is 9.81. The summed E-state index contributed by atoms with van der Waals surface area (Å²) in [5.41, 5.74) is 1.67. The minimum Gasteiger partial charge on any atom is -0.410 e. The van der Waals surface area contributed by atoms with Gasteiger partial charge < -0.3 is 4.74 Å². The van der Waals surface area contributed by atoms with E-state index in [2.05, 4.69) is 5.32 Å². The van der Waals surface area contributed by atoms with Crippen molar-refractivity contribution in [3.8, 4) is 5.75 Å². The van der Waals surface area contributed by atoms with Crippen LogP contribution in [0.2, 0.25) is 5.02 Å². The second-order valence-corrected chi connectivity index (χ2v) is 4.27. The van der Waals surface area contributed by atoms with Gasteiger partial charge in [-0.15, -0.1) is 0 Å². The number of carbonyl (C=O) groups excluding carboxylic acids is 1. The third kappa shape index (κ3) is 3.50. The maximum Gasteiger partial charge on any atom is 0.417 e. The molecule has 2 aromatic carbocycles. The molecule has 3 nitrogen and oxygen atoms in total. The van der Waals surface area contributed by atoms with Crippen LogP contribution >= 0.6 is 11.6 Å². The number of hydrogen-bond donors (Lipinski definition) is 1. The van der Waals surface area contributed by atoms with Crippen LogP contribution in [0.1, 0.15) is 5.56 Å². The first-order chi connectivity index (χ1) is 8.63. The van der Waals surface area contributed by atoms with Crippen LogP contribution in [0, 0.1) is 6.92 Å². The molecule has 0 saturated heterocycles. The van der Waals surface area contributed by atoms with Crippen LogP contribution in [0.3, 0.4) is 0 Å². The zero-order valence-corrected chi connectivity index (χ0v) is 10.6. The van der Waals surface area contributed by atoms with Crippen molar-refractivity contribution in [2.75, 3.05) is 5.32 Å². The van der Waals surface area contributed by atoms with Crippen LogP contribution in [0.4, 0.5) is 10.5 Å². The highest BCUT2D eigenvalue weighted by atomic mass is 35.5. The molecule has 0 aliphatic heterocycles. The maximum atomic E-state index is 11.6. The van der Waals surface area contributed by atoms with Crippen molar-refractivity contribution in [1.82, 2.24) is 0 Å². The minimum absolute atomic E-state index is 0.515. The lowest BCUT2D eigenvalue weighted by molar-refractivity contribution is 0.215. The largest absolute Gasteiger partial charge is 0.417 e. The number of carbonyl (C=O) groups is 1. The first-order valence-electron chi connectivity index (χ1n) is 5.44. The third-order valence-corrected chi connectivity index (χ3v) is 2.54. The summed E-state index contributed by atoms with van der Waals surface area (Å²) in [6.07, 6.45) is -0.525. The summed E-state index contributed by atoms with van der Waals surface area (Å²) in [6.45, 7) is 1.93. The van der Waals surface area contributed by atoms with Gasteiger partial charge in [0, 0.05) is 10.7 Å². The average molecular weight is 262 g/mol. The Kier molecular flexibility index (Phi) is 3.85. The average Bonchev–Trinajstić information content (AvgIpc) is 2.32. The Bertz CT molecular complexity index is 552. The van der Waals surface area contributed by atoms with Crippen molar-refractivity contribution in [3.05, 3.63) is 59.1 Å². The number of hydrogen-bond acceptors (Lipinski definition) is 2. The number of nitrogens with one attached hydrogen (secondary N) is 1. The maximum absolute atomic E-state index is 11.6. The molecular weight excluding hydrogens is 250 g/mol. The van der Waals surface area contributed by atoms with Crippen LogP contribution < -0.4 is 10.1 Å². The molecule has 0 bridgehead atoms. The zero-order chi connectivity index (χ0) is 13.0. The lowest BCUT2D eigenvalue weighted by Crippen LogP contribution is -2.16. The molecule has 1 amide bonds. The number of ether oxygens (including phenoxy) is 1. The van der Waals surface area contributed by atoms with Crippen LogP contribution in [0.25, 0.3) is 0 Å². The van der Waals surface area contributed by atoms with Crippen LogP contribution in [0.15, 0.2) is 48.5 Å². The number of aryl methyl sites for hydroxylation is 1. The summed E-state index contributed by atoms with van der Waals surface area (Å²) >= 11 is 5.75. The van der Waals surface area contributed by atoms with Crippen molar-refractivity contribution in [3.63, 3.8) is 0 Å². The number of amides is 1. The van der Waals surface area contributed by atoms with Gasteiger partial charge in [-0.2, -0.15) is 0 Å². The molecule has 4 heteroatoms. The molecule has 1 N–H and O–H groups in total. The highest BCUT2D eigenvalue weighted by Gasteiger charge is 2.04. The monoisotopic (exact) mass is 261 g/mol. The summed E-state index contributed by atoms with van der Waals surface area (Å²) in [6, 6.07) is 14.1. The van der Waals surface area contributed by atoms with E-state index in [0.717, 1.165) is 5.56 Å². The summed E-state index contributed by atoms with van der Waals surface area (Å²) < 4.78 is 5.15. The molecule has 0 aliphatic rings. The molecular formula is C14H12ClNO2. The van der Waals surface area contributed by atoms with E-state index in [0.29, 0.717) is 16.5 Å². The smallest absolute Gasteiger partial charge is 0.410 e. The van der Waals surface area contributed by atoms with E-state index < -0.39 is 6.09 Å². The summed E-state index contributed by atoms with van der Waals surface area (Å²) in [5.74, 6) is 0.515. The Labute approximate surface area is 110 Å². The fraction of sp³-hybridized carbons (Fsp3) is 0.0714. The first-order valence-corrected chi connectivity index (χ1v) is 5.82. The van der Waals surface area contributed by atoms with Crippen molar-refractivity contribution < 1.29 is 9.53 Å². The fourth-order valence-electron chi connectivity index (χ4n) is 1.46. The van der Waals surface area contributed by atoms with Crippen LogP contribution in [-0.4, -0.2) is 6.09 Å². The normalized spacial score (nSPS) is 9.89. The van der Waals surface area contributed by atoms with Gasteiger partial charge in [-0.05, 0) is 48.9 Å². The molecule has 2 aromatic rings. The molecule has 0 radical (unpaired) electrons. The quantitative estimate of drug-likeness (QED) is 0.877. The standard InChI is InChI=1S/C14H12ClNO2/c1-10-3-2-4-13(9-10)18-14(17)16-12-7-5-11(15)6-8-12/h2-9H,1H3,(H,16,17). The molecule has 0 heterocycles. The van der Waals surface area contributed by atoms with Gasteiger partial charge in [-0.1, -0.05) is 23.7 Å². The minimum atomic E-state index is -0.525. The molecule has 2 rings (SSSR count). The fourth-order valence-corrected chi connectivity index (χ4v) is 1.59. The van der Waals surface area contributed by atoms with Gasteiger partial charge in [0.1, 0.15) is 5.75 Å². The molecule has 0 aliphatic carbocycles. The molecule has 0 unspecified atom stereocenters. The first kappa shape index (κ1) is 12.5. The second-order valence-electron chi connectivity index (χ2n) is 3.84. The Morgan fingerprint density at radius 2 is 1.89 bits per heavy atom. The van der Waals surface area contributed by atoms with E-state index in [4.69, 9.17) is 16.3 Å². The molecule has 0 aromatic heterocycles. The molecule has 0 saturated carbocycles. The predicted molar refractivity (Wildman–Crippen MR) is 72.3 cm³/mol. The van der Waals surface area contributed by atoms with E-state index >= 15 is 0 Å². The van der Waals surface area contributed by atoms with Gasteiger partial charge in [0.05, 0.1) is 0 Å². The second kappa shape index (κ2) is 5.56. The van der Waals surface area contributed by atoms with E-state index in [1.807, 2.05) is 19.1 Å². The van der Waals surface area contributed by atoms with Gasteiger partial charge >= 0.3 is 6.09 Å². The topological polar surface area (TPSA) is 38.3 Å². The van der Waals surface area contributed by atoms with E-state index in [9.17, 15) is 4.79 Å². The highest BCUT2D eigenvalue weighted by molar-refractivity contribution is 6.30. The summed E-state index contributed by atoms with van der Waals surface area (Å²) in [5, 5.41) is 3.24. The van der Waals surface area contributed by atoms with Gasteiger partial charge in [0.25, 0.3) is 0 Å². The lowest BCUT2D eigenvalue weighted by atomic mass is 10.2. The predicted octanol–water partition coefficient (Wildman–Crippen LogP) is 4.26. The highest BCUT2D eigenvalue weighted by Crippen LogP contribution is 2.16. The summed E-state index contributed by atoms with van der Waals surface area (Å²) in [7, 11) is 0. The van der Waals surface area contributed by atoms with Gasteiger partial charge in [0.15, 0.2) is 0 Å². The van der Waals surface area contributed by atoms with Gasteiger partial charge in [-0.3, -0.25) is 5.32 Å². The molecule has 0 fully saturated rings. The van der Waals surface area contributed by atoms with Crippen molar-refractivity contribution in [2.24, 2.45) is 0 Å². The van der Waals surface area contributed by atoms with E-state index in [1.54, 1.807) is 36.4 Å². The number of anilines is 1. The molecule has 0 spiro atoms. The van der Waals surface area contributed by atoms with Crippen molar-refractivity contribution in [2.45, 2.75) is 6.92 Å². The number of rotatable bonds is 2. The molecule has 18 heavy (non-hydrogen) atoms. The van der Waals surface area contributed by atoms with E-state index in [-0.39, 0.29) is 0 Å². The van der Waals surface area contributed by atoms with Crippen LogP contribution in [0.5, 0.6) is 5.75 Å². The Balaban J connectivity index is 1.98. The molecule has 92 valence electrons. The Morgan fingerprint density at radius 1 is 1.17 bits per heavy atom. The Hall–Kier alpha value is -2.00. The van der Waals surface area contributed by atoms with Crippen LogP contribution in [-0.2, 0) is 0 Å². The lowest BCUT2D eigenvalue weighted by Gasteiger charge is -2.07. The Morgan fingerprint density at radius 3 is 2.56 bits per heavy atom. The summed E-state index contributed by atoms with van der Waals surface area (Å²) in [4.78, 5) is 11.6. The molecule has 0 atom stereocenters. The number of benzene rings is 2. The SMILES string of the molecule is Cc1cccc(OC(=O)Nc2ccc(Cl)cc2)c1. The van der Waals surface area contributed by atoms with Gasteiger partial charge in [0.2, 0.25) is 0 Å². The van der Waals surface area contributed by atoms with Gasteiger partial charge in [-0.25, -0.2) is 4.79 Å². The van der Waals surface area contributed by atoms with Crippen molar-refractivity contribution >= 4 is 23.4 Å².